The van der Waals surface area contributed by atoms with Crippen molar-refractivity contribution in [3.63, 3.8) is 0 Å². The molecule has 0 fully saturated rings. The van der Waals surface area contributed by atoms with Gasteiger partial charge in [-0.1, -0.05) is 11.3 Å². The minimum absolute atomic E-state index is 0.188. The van der Waals surface area contributed by atoms with Gasteiger partial charge in [-0.2, -0.15) is 5.26 Å². The molecular formula is C15H10N4OS2. The lowest BCUT2D eigenvalue weighted by molar-refractivity contribution is 0.0992. The van der Waals surface area contributed by atoms with Gasteiger partial charge in [-0.25, -0.2) is 9.97 Å². The molecule has 1 aromatic carbocycles. The van der Waals surface area contributed by atoms with E-state index in [4.69, 9.17) is 5.26 Å². The molecule has 3 rings (SSSR count). The van der Waals surface area contributed by atoms with Crippen molar-refractivity contribution in [3.8, 4) is 6.07 Å². The predicted molar refractivity (Wildman–Crippen MR) is 88.6 cm³/mol. The van der Waals surface area contributed by atoms with Crippen LogP contribution >= 0.6 is 24.0 Å². The summed E-state index contributed by atoms with van der Waals surface area (Å²) in [5.74, 6) is 0.353. The fourth-order valence-corrected chi connectivity index (χ4v) is 3.01. The second-order valence-corrected chi connectivity index (χ2v) is 6.25. The van der Waals surface area contributed by atoms with Gasteiger partial charge in [0.25, 0.3) is 5.91 Å². The number of aromatic nitrogens is 2. The summed E-state index contributed by atoms with van der Waals surface area (Å²) in [6.07, 6.45) is 0. The minimum atomic E-state index is -0.188. The van der Waals surface area contributed by atoms with E-state index < -0.39 is 0 Å². The molecule has 5 nitrogen and oxygen atoms in total. The van der Waals surface area contributed by atoms with Crippen LogP contribution in [0.2, 0.25) is 0 Å². The molecule has 3 aromatic rings. The second-order valence-electron chi connectivity index (χ2n) is 4.54. The fraction of sp³-hybridized carbons (Fsp3) is 0.0667. The number of nitriles is 1. The molecule has 2 aromatic heterocycles. The van der Waals surface area contributed by atoms with Gasteiger partial charge < -0.3 is 0 Å². The number of fused-ring (bicyclic) bond motifs is 1. The van der Waals surface area contributed by atoms with Gasteiger partial charge in [0.15, 0.2) is 0 Å². The quantitative estimate of drug-likeness (QED) is 0.735. The summed E-state index contributed by atoms with van der Waals surface area (Å²) < 4.78 is 0.640. The number of pyridine rings is 1. The summed E-state index contributed by atoms with van der Waals surface area (Å²) >= 11 is 5.57. The summed E-state index contributed by atoms with van der Waals surface area (Å²) in [5, 5.41) is 8.79. The molecule has 0 aliphatic heterocycles. The molecule has 0 unspecified atom stereocenters. The monoisotopic (exact) mass is 326 g/mol. The van der Waals surface area contributed by atoms with Crippen LogP contribution in [0.3, 0.4) is 0 Å². The van der Waals surface area contributed by atoms with Crippen LogP contribution in [0.15, 0.2) is 40.7 Å². The number of thiazole rings is 1. The lowest BCUT2D eigenvalue weighted by Gasteiger charge is -2.16. The van der Waals surface area contributed by atoms with Gasteiger partial charge in [-0.05, 0) is 36.4 Å². The summed E-state index contributed by atoms with van der Waals surface area (Å²) in [6, 6.07) is 12.1. The van der Waals surface area contributed by atoms with Crippen LogP contribution in [0, 0.1) is 11.3 Å². The Bertz CT molecular complexity index is 896. The number of thiol groups is 1. The van der Waals surface area contributed by atoms with Crippen LogP contribution in [0.25, 0.3) is 10.3 Å². The molecule has 0 atom stereocenters. The Hall–Kier alpha value is -2.43. The molecule has 0 radical (unpaired) electrons. The molecule has 0 spiro atoms. The first kappa shape index (κ1) is 14.5. The van der Waals surface area contributed by atoms with E-state index in [1.807, 2.05) is 12.1 Å². The Morgan fingerprint density at radius 3 is 2.64 bits per heavy atom. The molecule has 0 N–H and O–H groups in total. The SMILES string of the molecule is CN(C(=O)c1ccc(C#N)cc1)c1ccc2nc(S)sc2n1. The number of hydrogen-bond donors (Lipinski definition) is 1. The summed E-state index contributed by atoms with van der Waals surface area (Å²) in [4.78, 5) is 23.3. The van der Waals surface area contributed by atoms with Gasteiger partial charge in [0, 0.05) is 12.6 Å². The summed E-state index contributed by atoms with van der Waals surface area (Å²) in [6.45, 7) is 0. The number of amides is 1. The van der Waals surface area contributed by atoms with E-state index in [1.165, 1.54) is 16.2 Å². The molecule has 2 heterocycles. The average Bonchev–Trinajstić information content (AvgIpc) is 2.92. The number of carbonyl (C=O) groups is 1. The zero-order valence-electron chi connectivity index (χ0n) is 11.5. The Morgan fingerprint density at radius 1 is 1.23 bits per heavy atom. The third-order valence-electron chi connectivity index (χ3n) is 3.14. The zero-order chi connectivity index (χ0) is 15.7. The molecular weight excluding hydrogens is 316 g/mol. The smallest absolute Gasteiger partial charge is 0.259 e. The molecule has 0 aliphatic rings. The standard InChI is InChI=1S/C15H10N4OS2/c1-19(14(20)10-4-2-9(8-16)3-5-10)12-7-6-11-13(18-12)22-15(21)17-11/h2-7H,1H3,(H,17,21). The van der Waals surface area contributed by atoms with Crippen molar-refractivity contribution < 1.29 is 4.79 Å². The Kier molecular flexibility index (Phi) is 3.79. The Morgan fingerprint density at radius 2 is 1.95 bits per heavy atom. The normalized spacial score (nSPS) is 10.4. The Balaban J connectivity index is 1.91. The first-order valence-corrected chi connectivity index (χ1v) is 7.59. The van der Waals surface area contributed by atoms with E-state index >= 15 is 0 Å². The van der Waals surface area contributed by atoms with Crippen molar-refractivity contribution in [3.05, 3.63) is 47.5 Å². The van der Waals surface area contributed by atoms with Gasteiger partial charge >= 0.3 is 0 Å². The summed E-state index contributed by atoms with van der Waals surface area (Å²) in [7, 11) is 1.66. The van der Waals surface area contributed by atoms with E-state index in [0.29, 0.717) is 21.3 Å². The van der Waals surface area contributed by atoms with Crippen LogP contribution in [0.1, 0.15) is 15.9 Å². The van der Waals surface area contributed by atoms with E-state index in [2.05, 4.69) is 22.6 Å². The second kappa shape index (κ2) is 5.75. The highest BCUT2D eigenvalue weighted by molar-refractivity contribution is 7.82. The maximum Gasteiger partial charge on any atom is 0.259 e. The number of hydrogen-bond acceptors (Lipinski definition) is 6. The zero-order valence-corrected chi connectivity index (χ0v) is 13.2. The predicted octanol–water partition coefficient (Wildman–Crippen LogP) is 3.13. The highest BCUT2D eigenvalue weighted by atomic mass is 32.2. The molecule has 1 amide bonds. The van der Waals surface area contributed by atoms with Crippen LogP contribution in [0.4, 0.5) is 5.82 Å². The Labute approximate surface area is 136 Å². The van der Waals surface area contributed by atoms with Crippen molar-refractivity contribution in [1.82, 2.24) is 9.97 Å². The van der Waals surface area contributed by atoms with Crippen molar-refractivity contribution >= 4 is 46.0 Å². The number of anilines is 1. The molecule has 108 valence electrons. The lowest BCUT2D eigenvalue weighted by Crippen LogP contribution is -2.26. The van der Waals surface area contributed by atoms with Crippen LogP contribution < -0.4 is 4.90 Å². The van der Waals surface area contributed by atoms with Crippen LogP contribution in [-0.2, 0) is 0 Å². The van der Waals surface area contributed by atoms with Crippen molar-refractivity contribution in [2.24, 2.45) is 0 Å². The third-order valence-corrected chi connectivity index (χ3v) is 4.28. The molecule has 0 aliphatic carbocycles. The van der Waals surface area contributed by atoms with Crippen molar-refractivity contribution in [2.45, 2.75) is 4.34 Å². The molecule has 22 heavy (non-hydrogen) atoms. The van der Waals surface area contributed by atoms with E-state index in [0.717, 1.165) is 10.3 Å². The lowest BCUT2D eigenvalue weighted by atomic mass is 10.1. The number of nitrogens with zero attached hydrogens (tertiary/aromatic N) is 4. The molecule has 0 saturated carbocycles. The fourth-order valence-electron chi connectivity index (χ4n) is 1.97. The number of benzene rings is 1. The van der Waals surface area contributed by atoms with Crippen LogP contribution in [0.5, 0.6) is 0 Å². The number of carbonyl (C=O) groups excluding carboxylic acids is 1. The third kappa shape index (κ3) is 2.66. The van der Waals surface area contributed by atoms with Gasteiger partial charge in [0.1, 0.15) is 20.5 Å². The van der Waals surface area contributed by atoms with Gasteiger partial charge in [-0.3, -0.25) is 9.69 Å². The average molecular weight is 326 g/mol. The van der Waals surface area contributed by atoms with Gasteiger partial charge in [-0.15, -0.1) is 12.6 Å². The van der Waals surface area contributed by atoms with Gasteiger partial charge in [0.2, 0.25) is 0 Å². The first-order valence-electron chi connectivity index (χ1n) is 6.33. The highest BCUT2D eigenvalue weighted by Crippen LogP contribution is 2.25. The maximum absolute atomic E-state index is 12.5. The van der Waals surface area contributed by atoms with Crippen LogP contribution in [-0.4, -0.2) is 22.9 Å². The molecule has 0 bridgehead atoms. The van der Waals surface area contributed by atoms with Crippen molar-refractivity contribution in [2.75, 3.05) is 11.9 Å². The summed E-state index contributed by atoms with van der Waals surface area (Å²) in [5.41, 5.74) is 1.78. The topological polar surface area (TPSA) is 69.9 Å². The van der Waals surface area contributed by atoms with E-state index in [-0.39, 0.29) is 5.91 Å². The highest BCUT2D eigenvalue weighted by Gasteiger charge is 2.15. The largest absolute Gasteiger partial charge is 0.296 e. The number of rotatable bonds is 2. The van der Waals surface area contributed by atoms with Crippen molar-refractivity contribution in [1.29, 1.82) is 5.26 Å². The van der Waals surface area contributed by atoms with Gasteiger partial charge in [0.05, 0.1) is 11.6 Å². The minimum Gasteiger partial charge on any atom is -0.296 e. The van der Waals surface area contributed by atoms with E-state index in [9.17, 15) is 4.79 Å². The van der Waals surface area contributed by atoms with E-state index in [1.54, 1.807) is 37.4 Å². The first-order chi connectivity index (χ1) is 10.6. The molecule has 0 saturated heterocycles. The maximum atomic E-state index is 12.5. The molecule has 7 heteroatoms.